The van der Waals surface area contributed by atoms with Crippen LogP contribution in [0.1, 0.15) is 48.5 Å². The van der Waals surface area contributed by atoms with E-state index in [0.29, 0.717) is 0 Å². The predicted molar refractivity (Wildman–Crippen MR) is 96.0 cm³/mol. The van der Waals surface area contributed by atoms with Crippen molar-refractivity contribution >= 4 is 13.5 Å². The van der Waals surface area contributed by atoms with Crippen LogP contribution in [0.2, 0.25) is 0 Å². The number of alkyl carbamates (subject to hydrolysis) is 1. The summed E-state index contributed by atoms with van der Waals surface area (Å²) >= 11 is 0. The van der Waals surface area contributed by atoms with Gasteiger partial charge in [0.15, 0.2) is 0 Å². The number of carbonyl (C=O) groups is 1. The first-order chi connectivity index (χ1) is 11.5. The standard InChI is InChI=1S/C16H34NO7P/c1-8-21-16(7,22-9-2)25(20,23-10-3)12-13(11-18)17-14(19)24-15(4,5)6/h13,18H,8-12H2,1-7H3,(H,17,19)/t13-,25?/m1/s1. The van der Waals surface area contributed by atoms with Gasteiger partial charge in [0, 0.05) is 13.2 Å². The van der Waals surface area contributed by atoms with E-state index in [0.717, 1.165) is 0 Å². The summed E-state index contributed by atoms with van der Waals surface area (Å²) in [5.74, 6) is 0. The SMILES string of the molecule is CCOC(C)(OCC)P(=O)(C[C@@H](CO)NC(=O)OC(C)(C)C)OCC. The van der Waals surface area contributed by atoms with E-state index in [9.17, 15) is 14.5 Å². The fraction of sp³-hybridized carbons (Fsp3) is 0.938. The van der Waals surface area contributed by atoms with Crippen LogP contribution in [0.4, 0.5) is 4.79 Å². The highest BCUT2D eigenvalue weighted by molar-refractivity contribution is 7.60. The van der Waals surface area contributed by atoms with Gasteiger partial charge in [-0.3, -0.25) is 4.57 Å². The number of aliphatic hydroxyl groups is 1. The lowest BCUT2D eigenvalue weighted by molar-refractivity contribution is -0.168. The van der Waals surface area contributed by atoms with Crippen molar-refractivity contribution in [2.75, 3.05) is 32.6 Å². The molecule has 150 valence electrons. The van der Waals surface area contributed by atoms with Gasteiger partial charge in [-0.15, -0.1) is 0 Å². The first kappa shape index (κ1) is 24.3. The van der Waals surface area contributed by atoms with Crippen molar-refractivity contribution in [3.63, 3.8) is 0 Å². The van der Waals surface area contributed by atoms with Gasteiger partial charge in [0.05, 0.1) is 25.4 Å². The lowest BCUT2D eigenvalue weighted by atomic mass is 10.2. The lowest BCUT2D eigenvalue weighted by Gasteiger charge is -2.37. The number of ether oxygens (including phenoxy) is 3. The van der Waals surface area contributed by atoms with Gasteiger partial charge < -0.3 is 29.2 Å². The van der Waals surface area contributed by atoms with Crippen molar-refractivity contribution in [1.29, 1.82) is 0 Å². The first-order valence-corrected chi connectivity index (χ1v) is 10.4. The van der Waals surface area contributed by atoms with Gasteiger partial charge in [0.2, 0.25) is 5.53 Å². The normalized spacial score (nSPS) is 16.2. The zero-order valence-electron chi connectivity index (χ0n) is 16.5. The number of nitrogens with one attached hydrogen (secondary N) is 1. The molecule has 0 aromatic heterocycles. The van der Waals surface area contributed by atoms with Gasteiger partial charge in [0.1, 0.15) is 5.60 Å². The van der Waals surface area contributed by atoms with Gasteiger partial charge in [-0.2, -0.15) is 0 Å². The third-order valence-corrected chi connectivity index (χ3v) is 6.28. The van der Waals surface area contributed by atoms with Crippen LogP contribution >= 0.6 is 7.37 Å². The maximum Gasteiger partial charge on any atom is 0.407 e. The van der Waals surface area contributed by atoms with Crippen LogP contribution in [0.25, 0.3) is 0 Å². The maximum atomic E-state index is 13.5. The molecule has 8 nitrogen and oxygen atoms in total. The topological polar surface area (TPSA) is 103 Å². The van der Waals surface area contributed by atoms with Crippen LogP contribution in [0.5, 0.6) is 0 Å². The molecule has 0 spiro atoms. The molecule has 0 bridgehead atoms. The molecule has 1 amide bonds. The molecule has 0 saturated carbocycles. The molecule has 1 unspecified atom stereocenters. The Kier molecular flexibility index (Phi) is 10.2. The minimum absolute atomic E-state index is 0.146. The van der Waals surface area contributed by atoms with E-state index in [1.165, 1.54) is 0 Å². The summed E-state index contributed by atoms with van der Waals surface area (Å²) in [6, 6.07) is -0.826. The van der Waals surface area contributed by atoms with Gasteiger partial charge in [-0.25, -0.2) is 4.79 Å². The molecule has 0 aliphatic rings. The summed E-state index contributed by atoms with van der Waals surface area (Å²) < 4.78 is 35.3. The predicted octanol–water partition coefficient (Wildman–Crippen LogP) is 2.93. The largest absolute Gasteiger partial charge is 0.444 e. The molecule has 0 saturated heterocycles. The minimum atomic E-state index is -3.53. The van der Waals surface area contributed by atoms with Gasteiger partial charge >= 0.3 is 6.09 Å². The van der Waals surface area contributed by atoms with Crippen molar-refractivity contribution in [3.05, 3.63) is 0 Å². The summed E-state index contributed by atoms with van der Waals surface area (Å²) in [5, 5.41) is 12.1. The van der Waals surface area contributed by atoms with Crippen molar-refractivity contribution < 1.29 is 33.2 Å². The molecule has 0 heterocycles. The Bertz CT molecular complexity index is 444. The zero-order chi connectivity index (χ0) is 19.7. The van der Waals surface area contributed by atoms with Crippen LogP contribution in [-0.4, -0.2) is 61.0 Å². The van der Waals surface area contributed by atoms with E-state index in [1.807, 2.05) is 0 Å². The Balaban J connectivity index is 5.35. The summed E-state index contributed by atoms with van der Waals surface area (Å²) in [6.45, 7) is 12.3. The molecule has 0 aliphatic carbocycles. The second kappa shape index (κ2) is 10.5. The molecular formula is C16H34NO7P. The molecule has 0 rings (SSSR count). The van der Waals surface area contributed by atoms with Gasteiger partial charge in [-0.1, -0.05) is 0 Å². The molecule has 0 aromatic carbocycles. The Morgan fingerprint density at radius 1 is 1.08 bits per heavy atom. The van der Waals surface area contributed by atoms with E-state index >= 15 is 0 Å². The number of hydrogen-bond acceptors (Lipinski definition) is 7. The van der Waals surface area contributed by atoms with Crippen LogP contribution < -0.4 is 5.32 Å². The fourth-order valence-corrected chi connectivity index (χ4v) is 4.76. The third-order valence-electron chi connectivity index (χ3n) is 3.18. The number of amides is 1. The number of rotatable bonds is 11. The third kappa shape index (κ3) is 8.05. The van der Waals surface area contributed by atoms with Crippen LogP contribution in [0, 0.1) is 0 Å². The van der Waals surface area contributed by atoms with E-state index < -0.39 is 37.2 Å². The monoisotopic (exact) mass is 383 g/mol. The molecule has 0 radical (unpaired) electrons. The molecule has 9 heteroatoms. The number of aliphatic hydroxyl groups excluding tert-OH is 1. The minimum Gasteiger partial charge on any atom is -0.444 e. The quantitative estimate of drug-likeness (QED) is 0.418. The Morgan fingerprint density at radius 2 is 1.60 bits per heavy atom. The van der Waals surface area contributed by atoms with Crippen LogP contribution in [0.15, 0.2) is 0 Å². The molecule has 0 aliphatic heterocycles. The molecule has 25 heavy (non-hydrogen) atoms. The van der Waals surface area contributed by atoms with E-state index in [-0.39, 0.29) is 26.0 Å². The highest BCUT2D eigenvalue weighted by Crippen LogP contribution is 2.60. The van der Waals surface area contributed by atoms with Crippen molar-refractivity contribution in [3.8, 4) is 0 Å². The second-order valence-electron chi connectivity index (χ2n) is 6.56. The van der Waals surface area contributed by atoms with E-state index in [4.69, 9.17) is 18.7 Å². The highest BCUT2D eigenvalue weighted by atomic mass is 31.2. The second-order valence-corrected chi connectivity index (χ2v) is 9.35. The lowest BCUT2D eigenvalue weighted by Crippen LogP contribution is -2.45. The molecule has 0 aromatic rings. The van der Waals surface area contributed by atoms with Gasteiger partial charge in [0.25, 0.3) is 7.37 Å². The Morgan fingerprint density at radius 3 is 1.96 bits per heavy atom. The summed E-state index contributed by atoms with van der Waals surface area (Å²) in [4.78, 5) is 11.9. The van der Waals surface area contributed by atoms with Crippen LogP contribution in [-0.2, 0) is 23.3 Å². The van der Waals surface area contributed by atoms with E-state index in [1.54, 1.807) is 48.5 Å². The number of hydrogen-bond donors (Lipinski definition) is 2. The average Bonchev–Trinajstić information content (AvgIpc) is 2.45. The summed E-state index contributed by atoms with van der Waals surface area (Å²) in [5.41, 5.74) is -2.14. The maximum absolute atomic E-state index is 13.5. The smallest absolute Gasteiger partial charge is 0.407 e. The van der Waals surface area contributed by atoms with Crippen molar-refractivity contribution in [1.82, 2.24) is 5.32 Å². The molecule has 2 N–H and O–H groups in total. The zero-order valence-corrected chi connectivity index (χ0v) is 17.4. The fourth-order valence-electron chi connectivity index (χ4n) is 2.23. The highest BCUT2D eigenvalue weighted by Gasteiger charge is 2.49. The molecule has 0 fully saturated rings. The Labute approximate surface area is 151 Å². The van der Waals surface area contributed by atoms with Crippen molar-refractivity contribution in [2.45, 2.75) is 65.6 Å². The Hall–Kier alpha value is -0.660. The first-order valence-electron chi connectivity index (χ1n) is 8.58. The molecule has 2 atom stereocenters. The van der Waals surface area contributed by atoms with Crippen molar-refractivity contribution in [2.24, 2.45) is 0 Å². The van der Waals surface area contributed by atoms with Crippen LogP contribution in [0.3, 0.4) is 0 Å². The number of carbonyl (C=O) groups excluding carboxylic acids is 1. The summed E-state index contributed by atoms with van der Waals surface area (Å²) in [7, 11) is -3.53. The van der Waals surface area contributed by atoms with Gasteiger partial charge in [-0.05, 0) is 48.5 Å². The van der Waals surface area contributed by atoms with E-state index in [2.05, 4.69) is 5.32 Å². The molecular weight excluding hydrogens is 349 g/mol. The summed E-state index contributed by atoms with van der Waals surface area (Å²) in [6.07, 6.45) is -0.850. The average molecular weight is 383 g/mol.